The van der Waals surface area contributed by atoms with E-state index in [0.717, 1.165) is 25.0 Å². The first-order chi connectivity index (χ1) is 14.1. The van der Waals surface area contributed by atoms with Gasteiger partial charge < -0.3 is 10.5 Å². The summed E-state index contributed by atoms with van der Waals surface area (Å²) in [6.45, 7) is 1.84. The van der Waals surface area contributed by atoms with Crippen molar-refractivity contribution in [3.05, 3.63) is 54.2 Å². The molecule has 0 bridgehead atoms. The number of benzene rings is 1. The second kappa shape index (κ2) is 8.08. The predicted molar refractivity (Wildman–Crippen MR) is 109 cm³/mol. The quantitative estimate of drug-likeness (QED) is 0.709. The Morgan fingerprint density at radius 1 is 1.10 bits per heavy atom. The van der Waals surface area contributed by atoms with Crippen molar-refractivity contribution in [1.82, 2.24) is 20.2 Å². The van der Waals surface area contributed by atoms with Crippen molar-refractivity contribution >= 4 is 11.8 Å². The number of halogens is 1. The molecule has 0 radical (unpaired) electrons. The third-order valence-electron chi connectivity index (χ3n) is 5.17. The summed E-state index contributed by atoms with van der Waals surface area (Å²) in [4.78, 5) is 11.0. The molecule has 2 aromatic heterocycles. The molecule has 4 rings (SSSR count). The van der Waals surface area contributed by atoms with Gasteiger partial charge in [-0.3, -0.25) is 4.90 Å². The van der Waals surface area contributed by atoms with Crippen LogP contribution in [0.5, 0.6) is 5.75 Å². The third-order valence-corrected chi connectivity index (χ3v) is 5.17. The Balaban J connectivity index is 1.72. The number of anilines is 2. The van der Waals surface area contributed by atoms with Gasteiger partial charge in [0.05, 0.1) is 24.6 Å². The van der Waals surface area contributed by atoms with Gasteiger partial charge in [0.25, 0.3) is 5.95 Å². The van der Waals surface area contributed by atoms with Gasteiger partial charge >= 0.3 is 0 Å². The Kier molecular flexibility index (Phi) is 5.35. The molecule has 3 aromatic rings. The summed E-state index contributed by atoms with van der Waals surface area (Å²) in [5, 5.41) is 8.39. The number of aryl methyl sites for hydroxylation is 1. The monoisotopic (exact) mass is 394 g/mol. The maximum Gasteiger partial charge on any atom is 0.251 e. The summed E-state index contributed by atoms with van der Waals surface area (Å²) in [7, 11) is 1.52. The molecule has 0 aliphatic heterocycles. The van der Waals surface area contributed by atoms with Crippen LogP contribution in [-0.2, 0) is 0 Å². The van der Waals surface area contributed by atoms with Gasteiger partial charge in [-0.15, -0.1) is 5.10 Å². The molecule has 7 nitrogen and oxygen atoms in total. The first-order valence-corrected chi connectivity index (χ1v) is 9.57. The van der Waals surface area contributed by atoms with Gasteiger partial charge in [-0.2, -0.15) is 5.10 Å². The number of nitrogens with two attached hydrogens (primary N) is 1. The number of methoxy groups -OCH3 is 1. The van der Waals surface area contributed by atoms with Crippen LogP contribution >= 0.6 is 0 Å². The molecule has 1 aromatic carbocycles. The number of ether oxygens (including phenoxy) is 1. The maximum absolute atomic E-state index is 14.4. The van der Waals surface area contributed by atoms with Crippen molar-refractivity contribution in [3.63, 3.8) is 0 Å². The summed E-state index contributed by atoms with van der Waals surface area (Å²) >= 11 is 0. The molecule has 150 valence electrons. The standard InChI is InChI=1S/C21H23FN6O/c1-13-11-25-21(27-26-13)28(16-8-7-15(23)10-16)19-9-6-14(12-24-19)20-17(22)4-3-5-18(20)29-2/h3-6,9,11-12,15-16H,7-8,10,23H2,1-2H3/t15-,16-/m0/s1. The molecule has 2 heterocycles. The largest absolute Gasteiger partial charge is 0.496 e. The maximum atomic E-state index is 14.4. The van der Waals surface area contributed by atoms with E-state index in [1.807, 2.05) is 24.0 Å². The molecule has 0 amide bonds. The van der Waals surface area contributed by atoms with Crippen LogP contribution in [0, 0.1) is 12.7 Å². The van der Waals surface area contributed by atoms with E-state index in [-0.39, 0.29) is 17.9 Å². The molecule has 0 saturated heterocycles. The minimum atomic E-state index is -0.358. The van der Waals surface area contributed by atoms with Crippen molar-refractivity contribution in [2.75, 3.05) is 12.0 Å². The van der Waals surface area contributed by atoms with Crippen molar-refractivity contribution in [3.8, 4) is 16.9 Å². The fraction of sp³-hybridized carbons (Fsp3) is 0.333. The Morgan fingerprint density at radius 2 is 1.97 bits per heavy atom. The number of pyridine rings is 1. The molecule has 29 heavy (non-hydrogen) atoms. The van der Waals surface area contributed by atoms with E-state index in [1.165, 1.54) is 13.2 Å². The molecule has 1 fully saturated rings. The SMILES string of the molecule is COc1cccc(F)c1-c1ccc(N(c2ncc(C)nn2)[C@H]2CC[C@H](N)C2)nc1. The zero-order valence-electron chi connectivity index (χ0n) is 16.4. The van der Waals surface area contributed by atoms with E-state index in [0.29, 0.717) is 28.6 Å². The second-order valence-corrected chi connectivity index (χ2v) is 7.22. The van der Waals surface area contributed by atoms with Crippen LogP contribution in [0.15, 0.2) is 42.7 Å². The summed E-state index contributed by atoms with van der Waals surface area (Å²) in [6.07, 6.45) is 6.00. The number of hydrogen-bond acceptors (Lipinski definition) is 7. The summed E-state index contributed by atoms with van der Waals surface area (Å²) in [5.74, 6) is 1.26. The molecule has 1 aliphatic rings. The van der Waals surface area contributed by atoms with Crippen LogP contribution in [0.25, 0.3) is 11.1 Å². The number of aromatic nitrogens is 4. The number of nitrogens with zero attached hydrogens (tertiary/aromatic N) is 5. The smallest absolute Gasteiger partial charge is 0.251 e. The highest BCUT2D eigenvalue weighted by atomic mass is 19.1. The molecule has 8 heteroatoms. The zero-order valence-corrected chi connectivity index (χ0v) is 16.4. The van der Waals surface area contributed by atoms with E-state index in [4.69, 9.17) is 10.5 Å². The van der Waals surface area contributed by atoms with Crippen molar-refractivity contribution < 1.29 is 9.13 Å². The predicted octanol–water partition coefficient (Wildman–Crippen LogP) is 3.41. The van der Waals surface area contributed by atoms with Gasteiger partial charge in [-0.05, 0) is 50.5 Å². The second-order valence-electron chi connectivity index (χ2n) is 7.22. The van der Waals surface area contributed by atoms with E-state index in [1.54, 1.807) is 24.5 Å². The van der Waals surface area contributed by atoms with Gasteiger partial charge in [-0.1, -0.05) is 6.07 Å². The lowest BCUT2D eigenvalue weighted by atomic mass is 10.1. The minimum Gasteiger partial charge on any atom is -0.496 e. The summed E-state index contributed by atoms with van der Waals surface area (Å²) < 4.78 is 19.7. The Labute approximate surface area is 168 Å². The lowest BCUT2D eigenvalue weighted by Gasteiger charge is -2.27. The molecule has 2 atom stereocenters. The van der Waals surface area contributed by atoms with E-state index < -0.39 is 0 Å². The molecule has 0 unspecified atom stereocenters. The molecule has 1 aliphatic carbocycles. The molecular weight excluding hydrogens is 371 g/mol. The van der Waals surface area contributed by atoms with Crippen LogP contribution in [-0.4, -0.2) is 39.4 Å². The first kappa shape index (κ1) is 19.2. The average molecular weight is 394 g/mol. The Bertz CT molecular complexity index is 979. The van der Waals surface area contributed by atoms with Gasteiger partial charge in [-0.25, -0.2) is 14.4 Å². The summed E-state index contributed by atoms with van der Waals surface area (Å²) in [5.41, 5.74) is 7.90. The van der Waals surface area contributed by atoms with E-state index >= 15 is 0 Å². The zero-order chi connectivity index (χ0) is 20.4. The number of rotatable bonds is 5. The van der Waals surface area contributed by atoms with E-state index in [9.17, 15) is 4.39 Å². The highest BCUT2D eigenvalue weighted by molar-refractivity contribution is 5.71. The highest BCUT2D eigenvalue weighted by Gasteiger charge is 2.31. The molecule has 2 N–H and O–H groups in total. The molecule has 0 spiro atoms. The van der Waals surface area contributed by atoms with Crippen molar-refractivity contribution in [2.45, 2.75) is 38.3 Å². The van der Waals surface area contributed by atoms with E-state index in [2.05, 4.69) is 20.2 Å². The third kappa shape index (κ3) is 3.88. The normalized spacial score (nSPS) is 18.6. The summed E-state index contributed by atoms with van der Waals surface area (Å²) in [6, 6.07) is 8.69. The minimum absolute atomic E-state index is 0.135. The van der Waals surface area contributed by atoms with Gasteiger partial charge in [0.2, 0.25) is 0 Å². The van der Waals surface area contributed by atoms with Crippen LogP contribution in [0.3, 0.4) is 0 Å². The lowest BCUT2D eigenvalue weighted by Crippen LogP contribution is -2.32. The van der Waals surface area contributed by atoms with Crippen molar-refractivity contribution in [2.24, 2.45) is 5.73 Å². The number of hydrogen-bond donors (Lipinski definition) is 1. The van der Waals surface area contributed by atoms with Gasteiger partial charge in [0.1, 0.15) is 17.4 Å². The lowest BCUT2D eigenvalue weighted by molar-refractivity contribution is 0.413. The highest BCUT2D eigenvalue weighted by Crippen LogP contribution is 2.35. The van der Waals surface area contributed by atoms with Crippen LogP contribution in [0.1, 0.15) is 25.0 Å². The molecular formula is C21H23FN6O. The van der Waals surface area contributed by atoms with Gasteiger partial charge in [0, 0.05) is 23.8 Å². The Morgan fingerprint density at radius 3 is 2.59 bits per heavy atom. The Hall–Kier alpha value is -3.13. The van der Waals surface area contributed by atoms with Crippen LogP contribution in [0.2, 0.25) is 0 Å². The average Bonchev–Trinajstić information content (AvgIpc) is 3.16. The fourth-order valence-corrected chi connectivity index (χ4v) is 3.75. The van der Waals surface area contributed by atoms with Gasteiger partial charge in [0.15, 0.2) is 0 Å². The van der Waals surface area contributed by atoms with Crippen LogP contribution in [0.4, 0.5) is 16.2 Å². The topological polar surface area (TPSA) is 90.0 Å². The fourth-order valence-electron chi connectivity index (χ4n) is 3.75. The first-order valence-electron chi connectivity index (χ1n) is 9.57. The molecule has 1 saturated carbocycles. The van der Waals surface area contributed by atoms with Crippen molar-refractivity contribution in [1.29, 1.82) is 0 Å². The van der Waals surface area contributed by atoms with Crippen LogP contribution < -0.4 is 15.4 Å².